The first-order valence-electron chi connectivity index (χ1n) is 6.06. The highest BCUT2D eigenvalue weighted by Crippen LogP contribution is 2.30. The van der Waals surface area contributed by atoms with Gasteiger partial charge in [-0.15, -0.1) is 0 Å². The van der Waals surface area contributed by atoms with E-state index in [4.69, 9.17) is 5.73 Å². The lowest BCUT2D eigenvalue weighted by atomic mass is 10.1. The van der Waals surface area contributed by atoms with E-state index in [1.807, 2.05) is 0 Å². The first kappa shape index (κ1) is 11.2. The van der Waals surface area contributed by atoms with Gasteiger partial charge in [-0.2, -0.15) is 0 Å². The molecular weight excluding hydrogens is 231 g/mol. The summed E-state index contributed by atoms with van der Waals surface area (Å²) in [5.74, 6) is 0.430. The Morgan fingerprint density at radius 1 is 1.22 bits per heavy atom. The molecule has 1 aliphatic rings. The van der Waals surface area contributed by atoms with Crippen LogP contribution < -0.4 is 16.0 Å². The fourth-order valence-corrected chi connectivity index (χ4v) is 2.38. The zero-order valence-electron chi connectivity index (χ0n) is 9.99. The number of halogens is 1. The lowest BCUT2D eigenvalue weighted by Gasteiger charge is -2.29. The topological polar surface area (TPSA) is 54.2 Å². The Balaban J connectivity index is 2.19. The summed E-state index contributed by atoms with van der Waals surface area (Å²) in [6.45, 7) is 3.45. The molecule has 4 nitrogen and oxygen atoms in total. The van der Waals surface area contributed by atoms with Crippen LogP contribution in [0.3, 0.4) is 0 Å². The first-order valence-corrected chi connectivity index (χ1v) is 6.06. The Labute approximate surface area is 105 Å². The van der Waals surface area contributed by atoms with Crippen LogP contribution in [0.1, 0.15) is 0 Å². The van der Waals surface area contributed by atoms with Crippen LogP contribution >= 0.6 is 0 Å². The van der Waals surface area contributed by atoms with Gasteiger partial charge in [-0.05, 0) is 18.2 Å². The molecule has 1 saturated heterocycles. The van der Waals surface area contributed by atoms with Crippen molar-refractivity contribution >= 4 is 22.3 Å². The SMILES string of the molecule is Nc1ccc(F)c2c(N3CCNCC3)nccc12. The van der Waals surface area contributed by atoms with Crippen LogP contribution in [0, 0.1) is 5.82 Å². The van der Waals surface area contributed by atoms with Gasteiger partial charge < -0.3 is 16.0 Å². The van der Waals surface area contributed by atoms with E-state index in [1.54, 1.807) is 18.3 Å². The van der Waals surface area contributed by atoms with Crippen LogP contribution in [0.5, 0.6) is 0 Å². The summed E-state index contributed by atoms with van der Waals surface area (Å²) in [6, 6.07) is 4.77. The molecular formula is C13H15FN4. The molecule has 3 N–H and O–H groups in total. The van der Waals surface area contributed by atoms with Crippen molar-refractivity contribution in [3.8, 4) is 0 Å². The number of nitrogens with zero attached hydrogens (tertiary/aromatic N) is 2. The largest absolute Gasteiger partial charge is 0.398 e. The minimum atomic E-state index is -0.263. The third-order valence-corrected chi connectivity index (χ3v) is 3.31. The maximum atomic E-state index is 14.0. The molecule has 0 aliphatic carbocycles. The lowest BCUT2D eigenvalue weighted by molar-refractivity contribution is 0.584. The van der Waals surface area contributed by atoms with E-state index in [-0.39, 0.29) is 5.82 Å². The molecule has 1 aromatic heterocycles. The predicted octanol–water partition coefficient (Wildman–Crippen LogP) is 1.37. The van der Waals surface area contributed by atoms with Gasteiger partial charge in [0.05, 0.1) is 5.39 Å². The highest BCUT2D eigenvalue weighted by Gasteiger charge is 2.17. The summed E-state index contributed by atoms with van der Waals surface area (Å²) in [5, 5.41) is 4.53. The highest BCUT2D eigenvalue weighted by atomic mass is 19.1. The quantitative estimate of drug-likeness (QED) is 0.746. The van der Waals surface area contributed by atoms with Crippen molar-refractivity contribution in [1.82, 2.24) is 10.3 Å². The second kappa shape index (κ2) is 4.42. The van der Waals surface area contributed by atoms with Crippen LogP contribution in [0.2, 0.25) is 0 Å². The highest BCUT2D eigenvalue weighted by molar-refractivity contribution is 5.99. The molecule has 1 fully saturated rings. The van der Waals surface area contributed by atoms with Gasteiger partial charge in [0.15, 0.2) is 0 Å². The molecule has 2 heterocycles. The number of rotatable bonds is 1. The van der Waals surface area contributed by atoms with E-state index < -0.39 is 0 Å². The normalized spacial score (nSPS) is 16.2. The number of pyridine rings is 1. The molecule has 0 radical (unpaired) electrons. The minimum Gasteiger partial charge on any atom is -0.398 e. The molecule has 0 bridgehead atoms. The molecule has 0 atom stereocenters. The summed E-state index contributed by atoms with van der Waals surface area (Å²) in [5.41, 5.74) is 6.49. The van der Waals surface area contributed by atoms with Crippen molar-refractivity contribution in [2.75, 3.05) is 36.8 Å². The van der Waals surface area contributed by atoms with Gasteiger partial charge in [-0.3, -0.25) is 0 Å². The predicted molar refractivity (Wildman–Crippen MR) is 71.2 cm³/mol. The van der Waals surface area contributed by atoms with Crippen LogP contribution in [0.25, 0.3) is 10.8 Å². The van der Waals surface area contributed by atoms with Crippen LogP contribution in [0.15, 0.2) is 24.4 Å². The van der Waals surface area contributed by atoms with Crippen molar-refractivity contribution < 1.29 is 4.39 Å². The Bertz CT molecular complexity index is 578. The number of fused-ring (bicyclic) bond motifs is 1. The van der Waals surface area contributed by atoms with E-state index in [0.717, 1.165) is 31.6 Å². The third-order valence-electron chi connectivity index (χ3n) is 3.31. The van der Waals surface area contributed by atoms with Gasteiger partial charge in [-0.25, -0.2) is 9.37 Å². The van der Waals surface area contributed by atoms with Gasteiger partial charge in [0.25, 0.3) is 0 Å². The first-order chi connectivity index (χ1) is 8.77. The molecule has 18 heavy (non-hydrogen) atoms. The molecule has 0 saturated carbocycles. The molecule has 94 valence electrons. The number of nitrogens with two attached hydrogens (primary N) is 1. The molecule has 0 spiro atoms. The molecule has 0 amide bonds. The molecule has 1 aliphatic heterocycles. The molecule has 3 rings (SSSR count). The number of piperazine rings is 1. The second-order valence-electron chi connectivity index (χ2n) is 4.43. The summed E-state index contributed by atoms with van der Waals surface area (Å²) in [7, 11) is 0. The number of aromatic nitrogens is 1. The fraction of sp³-hybridized carbons (Fsp3) is 0.308. The lowest BCUT2D eigenvalue weighted by Crippen LogP contribution is -2.44. The van der Waals surface area contributed by atoms with E-state index in [9.17, 15) is 4.39 Å². The van der Waals surface area contributed by atoms with Crippen molar-refractivity contribution in [2.24, 2.45) is 0 Å². The van der Waals surface area contributed by atoms with E-state index in [1.165, 1.54) is 6.07 Å². The van der Waals surface area contributed by atoms with Gasteiger partial charge in [-0.1, -0.05) is 0 Å². The maximum Gasteiger partial charge on any atom is 0.139 e. The van der Waals surface area contributed by atoms with Crippen molar-refractivity contribution in [2.45, 2.75) is 0 Å². The molecule has 2 aromatic rings. The molecule has 1 aromatic carbocycles. The minimum absolute atomic E-state index is 0.263. The second-order valence-corrected chi connectivity index (χ2v) is 4.43. The van der Waals surface area contributed by atoms with Crippen LogP contribution in [-0.2, 0) is 0 Å². The Morgan fingerprint density at radius 3 is 2.78 bits per heavy atom. The number of nitrogen functional groups attached to an aromatic ring is 1. The van der Waals surface area contributed by atoms with Crippen molar-refractivity contribution in [1.29, 1.82) is 0 Å². The summed E-state index contributed by atoms with van der Waals surface area (Å²) in [6.07, 6.45) is 1.69. The van der Waals surface area contributed by atoms with E-state index >= 15 is 0 Å². The van der Waals surface area contributed by atoms with Crippen molar-refractivity contribution in [3.05, 3.63) is 30.2 Å². The summed E-state index contributed by atoms with van der Waals surface area (Å²) in [4.78, 5) is 6.43. The van der Waals surface area contributed by atoms with Gasteiger partial charge in [0.2, 0.25) is 0 Å². The Hall–Kier alpha value is -1.88. The summed E-state index contributed by atoms with van der Waals surface area (Å²) < 4.78 is 14.0. The number of nitrogens with one attached hydrogen (secondary N) is 1. The van der Waals surface area contributed by atoms with E-state index in [2.05, 4.69) is 15.2 Å². The third kappa shape index (κ3) is 1.76. The smallest absolute Gasteiger partial charge is 0.139 e. The monoisotopic (exact) mass is 246 g/mol. The fourth-order valence-electron chi connectivity index (χ4n) is 2.38. The number of hydrogen-bond donors (Lipinski definition) is 2. The average molecular weight is 246 g/mol. The number of anilines is 2. The Morgan fingerprint density at radius 2 is 2.00 bits per heavy atom. The van der Waals surface area contributed by atoms with Crippen molar-refractivity contribution in [3.63, 3.8) is 0 Å². The zero-order valence-corrected chi connectivity index (χ0v) is 9.99. The standard InChI is InChI=1S/C13H15FN4/c14-10-1-2-11(15)9-3-4-17-13(12(9)10)18-7-5-16-6-8-18/h1-4,16H,5-8,15H2. The van der Waals surface area contributed by atoms with Crippen LogP contribution in [-0.4, -0.2) is 31.2 Å². The summed E-state index contributed by atoms with van der Waals surface area (Å²) >= 11 is 0. The maximum absolute atomic E-state index is 14.0. The Kier molecular flexibility index (Phi) is 2.76. The van der Waals surface area contributed by atoms with Crippen LogP contribution in [0.4, 0.5) is 15.9 Å². The average Bonchev–Trinajstić information content (AvgIpc) is 2.43. The molecule has 0 unspecified atom stereocenters. The van der Waals surface area contributed by atoms with Gasteiger partial charge in [0.1, 0.15) is 11.6 Å². The van der Waals surface area contributed by atoms with E-state index in [0.29, 0.717) is 16.9 Å². The number of benzene rings is 1. The van der Waals surface area contributed by atoms with Gasteiger partial charge >= 0.3 is 0 Å². The number of hydrogen-bond acceptors (Lipinski definition) is 4. The molecule has 5 heteroatoms. The van der Waals surface area contributed by atoms with Gasteiger partial charge in [0, 0.05) is 43.4 Å². The zero-order chi connectivity index (χ0) is 12.5.